The van der Waals surface area contributed by atoms with Gasteiger partial charge in [0.2, 0.25) is 0 Å². The summed E-state index contributed by atoms with van der Waals surface area (Å²) in [5.74, 6) is 0.558. The molecule has 0 radical (unpaired) electrons. The molecule has 1 aliphatic heterocycles. The summed E-state index contributed by atoms with van der Waals surface area (Å²) < 4.78 is 19.0. The van der Waals surface area contributed by atoms with Crippen molar-refractivity contribution in [3.63, 3.8) is 0 Å². The third-order valence-corrected chi connectivity index (χ3v) is 3.85. The quantitative estimate of drug-likeness (QED) is 0.943. The normalized spacial score (nSPS) is 15.6. The summed E-state index contributed by atoms with van der Waals surface area (Å²) in [6.45, 7) is 5.49. The summed E-state index contributed by atoms with van der Waals surface area (Å²) in [5.41, 5.74) is 9.37. The molecule has 0 atom stereocenters. The molecule has 0 fully saturated rings. The Balaban J connectivity index is 2.17. The summed E-state index contributed by atoms with van der Waals surface area (Å²) in [6.07, 6.45) is 0.720. The van der Waals surface area contributed by atoms with Gasteiger partial charge in [-0.25, -0.2) is 9.37 Å². The molecule has 4 heteroatoms. The zero-order chi connectivity index (χ0) is 15.0. The van der Waals surface area contributed by atoms with Gasteiger partial charge in [0.15, 0.2) is 0 Å². The van der Waals surface area contributed by atoms with E-state index in [4.69, 9.17) is 10.5 Å². The fourth-order valence-electron chi connectivity index (χ4n) is 2.64. The van der Waals surface area contributed by atoms with Crippen LogP contribution in [0.4, 0.5) is 4.39 Å². The van der Waals surface area contributed by atoms with Gasteiger partial charge in [0.25, 0.3) is 0 Å². The number of hydrogen-bond acceptors (Lipinski definition) is 3. The Morgan fingerprint density at radius 1 is 1.29 bits per heavy atom. The zero-order valence-corrected chi connectivity index (χ0v) is 12.3. The van der Waals surface area contributed by atoms with Gasteiger partial charge in [-0.05, 0) is 36.9 Å². The average molecular weight is 286 g/mol. The molecule has 2 aromatic rings. The van der Waals surface area contributed by atoms with Crippen LogP contribution in [0.3, 0.4) is 0 Å². The molecule has 3 nitrogen and oxygen atoms in total. The number of nitrogens with two attached hydrogens (primary N) is 1. The topological polar surface area (TPSA) is 48.1 Å². The van der Waals surface area contributed by atoms with Gasteiger partial charge in [-0.2, -0.15) is 0 Å². The van der Waals surface area contributed by atoms with E-state index in [1.807, 2.05) is 0 Å². The second kappa shape index (κ2) is 5.11. The van der Waals surface area contributed by atoms with Gasteiger partial charge < -0.3 is 10.5 Å². The zero-order valence-electron chi connectivity index (χ0n) is 12.3. The molecule has 0 saturated heterocycles. The SMILES string of the molecule is CC1(C)COc2c1cc(CCN)nc2-c1ccc(F)cc1. The number of aromatic nitrogens is 1. The predicted molar refractivity (Wildman–Crippen MR) is 80.9 cm³/mol. The van der Waals surface area contributed by atoms with Gasteiger partial charge in [0.1, 0.15) is 17.3 Å². The highest BCUT2D eigenvalue weighted by Gasteiger charge is 2.34. The number of ether oxygens (including phenoxy) is 1. The fourth-order valence-corrected chi connectivity index (χ4v) is 2.64. The summed E-state index contributed by atoms with van der Waals surface area (Å²) in [7, 11) is 0. The molecule has 1 aromatic heterocycles. The van der Waals surface area contributed by atoms with Crippen molar-refractivity contribution in [2.45, 2.75) is 25.7 Å². The Morgan fingerprint density at radius 2 is 2.00 bits per heavy atom. The summed E-state index contributed by atoms with van der Waals surface area (Å²) in [6, 6.07) is 8.44. The number of fused-ring (bicyclic) bond motifs is 1. The summed E-state index contributed by atoms with van der Waals surface area (Å²) in [5, 5.41) is 0. The van der Waals surface area contributed by atoms with Crippen LogP contribution in [0, 0.1) is 5.82 Å². The highest BCUT2D eigenvalue weighted by molar-refractivity contribution is 5.70. The predicted octanol–water partition coefficient (Wildman–Crippen LogP) is 3.06. The minimum atomic E-state index is -0.255. The Labute approximate surface area is 124 Å². The third kappa shape index (κ3) is 2.51. The number of pyridine rings is 1. The first-order chi connectivity index (χ1) is 10.0. The minimum absolute atomic E-state index is 0.0452. The second-order valence-electron chi connectivity index (χ2n) is 6.06. The van der Waals surface area contributed by atoms with E-state index in [1.165, 1.54) is 12.1 Å². The van der Waals surface area contributed by atoms with Crippen molar-refractivity contribution in [3.05, 3.63) is 47.4 Å². The number of nitrogens with zero attached hydrogens (tertiary/aromatic N) is 1. The lowest BCUT2D eigenvalue weighted by atomic mass is 9.86. The molecule has 0 amide bonds. The molecule has 3 rings (SSSR count). The van der Waals surface area contributed by atoms with Crippen LogP contribution in [0.1, 0.15) is 25.1 Å². The first kappa shape index (κ1) is 14.0. The standard InChI is InChI=1S/C17H19FN2O/c1-17(2)10-21-16-14(17)9-13(7-8-19)20-15(16)11-3-5-12(18)6-4-11/h3-6,9H,7-8,10,19H2,1-2H3. The van der Waals surface area contributed by atoms with E-state index in [0.717, 1.165) is 34.7 Å². The van der Waals surface area contributed by atoms with Gasteiger partial charge in [-0.1, -0.05) is 13.8 Å². The highest BCUT2D eigenvalue weighted by atomic mass is 19.1. The maximum absolute atomic E-state index is 13.1. The van der Waals surface area contributed by atoms with E-state index in [2.05, 4.69) is 24.9 Å². The number of benzene rings is 1. The Hall–Kier alpha value is -1.94. The smallest absolute Gasteiger partial charge is 0.149 e. The van der Waals surface area contributed by atoms with Crippen LogP contribution in [-0.4, -0.2) is 18.1 Å². The van der Waals surface area contributed by atoms with E-state index in [0.29, 0.717) is 13.2 Å². The van der Waals surface area contributed by atoms with Gasteiger partial charge in [0.05, 0.1) is 6.61 Å². The van der Waals surface area contributed by atoms with Crippen LogP contribution in [0.25, 0.3) is 11.3 Å². The van der Waals surface area contributed by atoms with Crippen LogP contribution >= 0.6 is 0 Å². The van der Waals surface area contributed by atoms with Crippen LogP contribution < -0.4 is 10.5 Å². The molecule has 21 heavy (non-hydrogen) atoms. The van der Waals surface area contributed by atoms with Crippen LogP contribution in [0.2, 0.25) is 0 Å². The van der Waals surface area contributed by atoms with Crippen molar-refractivity contribution < 1.29 is 9.13 Å². The molecule has 0 unspecified atom stereocenters. The number of halogens is 1. The summed E-state index contributed by atoms with van der Waals surface area (Å²) in [4.78, 5) is 4.67. The van der Waals surface area contributed by atoms with Crippen molar-refractivity contribution in [1.82, 2.24) is 4.98 Å². The maximum Gasteiger partial charge on any atom is 0.149 e. The van der Waals surface area contributed by atoms with E-state index in [1.54, 1.807) is 12.1 Å². The molecule has 2 heterocycles. The van der Waals surface area contributed by atoms with Crippen molar-refractivity contribution in [1.29, 1.82) is 0 Å². The number of hydrogen-bond donors (Lipinski definition) is 1. The fraction of sp³-hybridized carbons (Fsp3) is 0.353. The number of rotatable bonds is 3. The van der Waals surface area contributed by atoms with Gasteiger partial charge in [-0.3, -0.25) is 0 Å². The highest BCUT2D eigenvalue weighted by Crippen LogP contribution is 2.44. The van der Waals surface area contributed by atoms with Gasteiger partial charge in [-0.15, -0.1) is 0 Å². The van der Waals surface area contributed by atoms with Crippen LogP contribution in [0.15, 0.2) is 30.3 Å². The molecule has 110 valence electrons. The Morgan fingerprint density at radius 3 is 2.67 bits per heavy atom. The lowest BCUT2D eigenvalue weighted by Gasteiger charge is -2.16. The molecule has 1 aromatic carbocycles. The van der Waals surface area contributed by atoms with Crippen LogP contribution in [0.5, 0.6) is 5.75 Å². The van der Waals surface area contributed by atoms with Crippen molar-refractivity contribution in [3.8, 4) is 17.0 Å². The van der Waals surface area contributed by atoms with E-state index in [9.17, 15) is 4.39 Å². The van der Waals surface area contributed by atoms with E-state index in [-0.39, 0.29) is 11.2 Å². The van der Waals surface area contributed by atoms with E-state index >= 15 is 0 Å². The molecule has 0 bridgehead atoms. The maximum atomic E-state index is 13.1. The molecule has 1 aliphatic rings. The molecule has 0 saturated carbocycles. The van der Waals surface area contributed by atoms with Gasteiger partial charge in [0, 0.05) is 28.7 Å². The second-order valence-corrected chi connectivity index (χ2v) is 6.06. The minimum Gasteiger partial charge on any atom is -0.490 e. The van der Waals surface area contributed by atoms with Crippen LogP contribution in [-0.2, 0) is 11.8 Å². The monoisotopic (exact) mass is 286 g/mol. The molecule has 0 aliphatic carbocycles. The Bertz CT molecular complexity index is 665. The van der Waals surface area contributed by atoms with Crippen molar-refractivity contribution >= 4 is 0 Å². The molecule has 0 spiro atoms. The largest absolute Gasteiger partial charge is 0.490 e. The third-order valence-electron chi connectivity index (χ3n) is 3.85. The van der Waals surface area contributed by atoms with Gasteiger partial charge >= 0.3 is 0 Å². The van der Waals surface area contributed by atoms with E-state index < -0.39 is 0 Å². The average Bonchev–Trinajstić information content (AvgIpc) is 2.76. The summed E-state index contributed by atoms with van der Waals surface area (Å²) >= 11 is 0. The van der Waals surface area contributed by atoms with Crippen molar-refractivity contribution in [2.75, 3.05) is 13.2 Å². The Kier molecular flexibility index (Phi) is 3.41. The molecular weight excluding hydrogens is 267 g/mol. The molecular formula is C17H19FN2O. The first-order valence-corrected chi connectivity index (χ1v) is 7.14. The van der Waals surface area contributed by atoms with Crippen molar-refractivity contribution in [2.24, 2.45) is 5.73 Å². The lowest BCUT2D eigenvalue weighted by molar-refractivity contribution is 0.291. The molecule has 2 N–H and O–H groups in total. The lowest BCUT2D eigenvalue weighted by Crippen LogP contribution is -2.18. The first-order valence-electron chi connectivity index (χ1n) is 7.14.